The molecular weight excluding hydrogens is 348 g/mol. The number of halogens is 1. The van der Waals surface area contributed by atoms with Gasteiger partial charge in [-0.15, -0.1) is 0 Å². The van der Waals surface area contributed by atoms with Gasteiger partial charge in [-0.2, -0.15) is 0 Å². The van der Waals surface area contributed by atoms with Crippen LogP contribution in [0.4, 0.5) is 0 Å². The molecule has 1 aliphatic rings. The number of rotatable bonds is 3. The van der Waals surface area contributed by atoms with E-state index >= 15 is 0 Å². The zero-order chi connectivity index (χ0) is 18.1. The molecule has 5 heteroatoms. The minimum Gasteiger partial charge on any atom is -0.467 e. The van der Waals surface area contributed by atoms with Gasteiger partial charge in [0.05, 0.1) is 12.0 Å². The number of benzene rings is 2. The zero-order valence-corrected chi connectivity index (χ0v) is 14.9. The molecule has 0 aliphatic carbocycles. The van der Waals surface area contributed by atoms with Crippen LogP contribution in [-0.4, -0.2) is 10.9 Å². The summed E-state index contributed by atoms with van der Waals surface area (Å²) in [5.74, 6) is 0.591. The summed E-state index contributed by atoms with van der Waals surface area (Å²) >= 11 is 5.99. The summed E-state index contributed by atoms with van der Waals surface area (Å²) in [6.45, 7) is 1.93. The summed E-state index contributed by atoms with van der Waals surface area (Å²) in [6.07, 6.45) is 3.60. The normalized spacial score (nSPS) is 16.3. The maximum absolute atomic E-state index is 13.2. The van der Waals surface area contributed by atoms with E-state index in [1.807, 2.05) is 73.7 Å². The van der Waals surface area contributed by atoms with E-state index in [1.54, 1.807) is 11.3 Å². The fourth-order valence-electron chi connectivity index (χ4n) is 3.05. The number of carbonyl (C=O) groups is 1. The lowest BCUT2D eigenvalue weighted by Gasteiger charge is -2.24. The molecule has 0 bridgehead atoms. The molecule has 0 saturated carbocycles. The Morgan fingerprint density at radius 1 is 1.08 bits per heavy atom. The highest BCUT2D eigenvalue weighted by Gasteiger charge is 2.33. The molecule has 0 fully saturated rings. The first kappa shape index (κ1) is 16.5. The van der Waals surface area contributed by atoms with Crippen molar-refractivity contribution in [2.24, 2.45) is 0 Å². The van der Waals surface area contributed by atoms with Crippen molar-refractivity contribution in [3.05, 3.63) is 100 Å². The lowest BCUT2D eigenvalue weighted by atomic mass is 10.1. The molecule has 1 atom stereocenters. The van der Waals surface area contributed by atoms with Gasteiger partial charge in [-0.05, 0) is 54.5 Å². The summed E-state index contributed by atoms with van der Waals surface area (Å²) in [7, 11) is 0. The standard InChI is InChI=1S/C21H17ClN2O2/c1-14-5-2-3-6-17(14)21(25)24-19(20-7-4-12-26-20)13-18(23-24)15-8-10-16(22)11-9-15/h2-13,19,23H,1H3/t19-/m1/s1. The third-order valence-corrected chi connectivity index (χ3v) is 4.68. The molecule has 0 saturated heterocycles. The van der Waals surface area contributed by atoms with Crippen LogP contribution in [0.5, 0.6) is 0 Å². The van der Waals surface area contributed by atoms with Crippen LogP contribution in [0.15, 0.2) is 77.4 Å². The third-order valence-electron chi connectivity index (χ3n) is 4.43. The Kier molecular flexibility index (Phi) is 4.27. The smallest absolute Gasteiger partial charge is 0.273 e. The van der Waals surface area contributed by atoms with Crippen LogP contribution in [-0.2, 0) is 0 Å². The van der Waals surface area contributed by atoms with Crippen molar-refractivity contribution in [1.29, 1.82) is 0 Å². The van der Waals surface area contributed by atoms with Gasteiger partial charge in [0.1, 0.15) is 11.8 Å². The van der Waals surface area contributed by atoms with E-state index in [1.165, 1.54) is 0 Å². The minimum atomic E-state index is -0.331. The molecule has 0 unspecified atom stereocenters. The molecule has 1 amide bonds. The van der Waals surface area contributed by atoms with Crippen LogP contribution in [0, 0.1) is 6.92 Å². The highest BCUT2D eigenvalue weighted by molar-refractivity contribution is 6.30. The zero-order valence-electron chi connectivity index (χ0n) is 14.1. The summed E-state index contributed by atoms with van der Waals surface area (Å²) in [4.78, 5) is 13.2. The molecule has 3 aromatic rings. The average molecular weight is 365 g/mol. The second-order valence-electron chi connectivity index (χ2n) is 6.15. The molecule has 2 aromatic carbocycles. The van der Waals surface area contributed by atoms with Gasteiger partial charge in [0.15, 0.2) is 0 Å². The van der Waals surface area contributed by atoms with Crippen molar-refractivity contribution < 1.29 is 9.21 Å². The van der Waals surface area contributed by atoms with Gasteiger partial charge in [-0.3, -0.25) is 10.2 Å². The van der Waals surface area contributed by atoms with Gasteiger partial charge in [-0.1, -0.05) is 41.9 Å². The number of hydrogen-bond acceptors (Lipinski definition) is 3. The van der Waals surface area contributed by atoms with E-state index < -0.39 is 0 Å². The monoisotopic (exact) mass is 364 g/mol. The van der Waals surface area contributed by atoms with Gasteiger partial charge >= 0.3 is 0 Å². The van der Waals surface area contributed by atoms with E-state index in [-0.39, 0.29) is 11.9 Å². The van der Waals surface area contributed by atoms with Gasteiger partial charge < -0.3 is 4.42 Å². The summed E-state index contributed by atoms with van der Waals surface area (Å²) in [5, 5.41) is 2.27. The predicted octanol–water partition coefficient (Wildman–Crippen LogP) is 4.98. The lowest BCUT2D eigenvalue weighted by molar-refractivity contribution is 0.0654. The van der Waals surface area contributed by atoms with E-state index in [0.29, 0.717) is 16.3 Å². The first-order chi connectivity index (χ1) is 12.6. The number of nitrogens with one attached hydrogen (secondary N) is 1. The maximum Gasteiger partial charge on any atom is 0.273 e. The van der Waals surface area contributed by atoms with Crippen LogP contribution in [0.1, 0.15) is 33.3 Å². The number of amides is 1. The van der Waals surface area contributed by atoms with Crippen molar-refractivity contribution in [1.82, 2.24) is 10.4 Å². The minimum absolute atomic E-state index is 0.107. The highest BCUT2D eigenvalue weighted by Crippen LogP contribution is 2.33. The Morgan fingerprint density at radius 2 is 1.85 bits per heavy atom. The van der Waals surface area contributed by atoms with E-state index in [0.717, 1.165) is 16.8 Å². The van der Waals surface area contributed by atoms with Gasteiger partial charge in [0, 0.05) is 10.6 Å². The summed E-state index contributed by atoms with van der Waals surface area (Å²) in [6, 6.07) is 18.4. The second kappa shape index (κ2) is 6.73. The largest absolute Gasteiger partial charge is 0.467 e. The molecule has 130 valence electrons. The SMILES string of the molecule is Cc1ccccc1C(=O)N1NC(c2ccc(Cl)cc2)=C[C@@H]1c1ccco1. The second-order valence-corrected chi connectivity index (χ2v) is 6.59. The molecule has 0 radical (unpaired) electrons. The molecular formula is C21H17ClN2O2. The van der Waals surface area contributed by atoms with Crippen molar-refractivity contribution in [3.63, 3.8) is 0 Å². The molecule has 26 heavy (non-hydrogen) atoms. The summed E-state index contributed by atoms with van der Waals surface area (Å²) < 4.78 is 5.57. The number of nitrogens with zero attached hydrogens (tertiary/aromatic N) is 1. The van der Waals surface area contributed by atoms with E-state index in [4.69, 9.17) is 16.0 Å². The Bertz CT molecular complexity index is 962. The maximum atomic E-state index is 13.2. The lowest BCUT2D eigenvalue weighted by Crippen LogP contribution is -2.39. The number of hydrogen-bond donors (Lipinski definition) is 1. The number of hydrazine groups is 1. The molecule has 4 nitrogen and oxygen atoms in total. The van der Waals surface area contributed by atoms with Crippen LogP contribution < -0.4 is 5.43 Å². The van der Waals surface area contributed by atoms with Crippen LogP contribution in [0.3, 0.4) is 0 Å². The van der Waals surface area contributed by atoms with Crippen molar-refractivity contribution in [2.75, 3.05) is 0 Å². The first-order valence-corrected chi connectivity index (χ1v) is 8.68. The Hall–Kier alpha value is -2.98. The highest BCUT2D eigenvalue weighted by atomic mass is 35.5. The van der Waals surface area contributed by atoms with Gasteiger partial charge in [0.25, 0.3) is 5.91 Å². The Balaban J connectivity index is 1.71. The number of aryl methyl sites for hydroxylation is 1. The topological polar surface area (TPSA) is 45.5 Å². The van der Waals surface area contributed by atoms with Crippen LogP contribution >= 0.6 is 11.6 Å². The first-order valence-electron chi connectivity index (χ1n) is 8.30. The number of carbonyl (C=O) groups excluding carboxylic acids is 1. The third kappa shape index (κ3) is 3.00. The summed E-state index contributed by atoms with van der Waals surface area (Å²) in [5.41, 5.74) is 6.60. The van der Waals surface area contributed by atoms with Crippen LogP contribution in [0.25, 0.3) is 5.70 Å². The fraction of sp³-hybridized carbons (Fsp3) is 0.0952. The van der Waals surface area contributed by atoms with Gasteiger partial charge in [0.2, 0.25) is 0 Å². The van der Waals surface area contributed by atoms with E-state index in [9.17, 15) is 4.79 Å². The Labute approximate surface area is 156 Å². The fourth-order valence-corrected chi connectivity index (χ4v) is 3.17. The van der Waals surface area contributed by atoms with Crippen molar-refractivity contribution in [3.8, 4) is 0 Å². The van der Waals surface area contributed by atoms with Gasteiger partial charge in [-0.25, -0.2) is 5.01 Å². The molecule has 1 aromatic heterocycles. The number of furan rings is 1. The van der Waals surface area contributed by atoms with Crippen LogP contribution in [0.2, 0.25) is 5.02 Å². The predicted molar refractivity (Wildman–Crippen MR) is 101 cm³/mol. The quantitative estimate of drug-likeness (QED) is 0.712. The molecule has 1 aliphatic heterocycles. The van der Waals surface area contributed by atoms with Crippen molar-refractivity contribution >= 4 is 23.2 Å². The Morgan fingerprint density at radius 3 is 2.54 bits per heavy atom. The average Bonchev–Trinajstić information content (AvgIpc) is 3.32. The molecule has 2 heterocycles. The van der Waals surface area contributed by atoms with Crippen molar-refractivity contribution in [2.45, 2.75) is 13.0 Å². The van der Waals surface area contributed by atoms with E-state index in [2.05, 4.69) is 5.43 Å². The molecule has 4 rings (SSSR count). The molecule has 1 N–H and O–H groups in total. The molecule has 0 spiro atoms.